The fraction of sp³-hybridized carbons (Fsp3) is 0.412. The van der Waals surface area contributed by atoms with Gasteiger partial charge < -0.3 is 5.73 Å². The molecular formula is C17H22N2S. The predicted molar refractivity (Wildman–Crippen MR) is 86.2 cm³/mol. The van der Waals surface area contributed by atoms with Gasteiger partial charge in [-0.2, -0.15) is 0 Å². The van der Waals surface area contributed by atoms with Gasteiger partial charge in [0.25, 0.3) is 0 Å². The average molecular weight is 286 g/mol. The van der Waals surface area contributed by atoms with Crippen LogP contribution in [0.4, 0.5) is 0 Å². The molecule has 0 amide bonds. The summed E-state index contributed by atoms with van der Waals surface area (Å²) in [5.74, 6) is 0.429. The van der Waals surface area contributed by atoms with Crippen LogP contribution in [-0.4, -0.2) is 24.5 Å². The van der Waals surface area contributed by atoms with Gasteiger partial charge in [0.05, 0.1) is 0 Å². The van der Waals surface area contributed by atoms with Gasteiger partial charge in [-0.25, -0.2) is 0 Å². The standard InChI is InChI=1S/C17H22N2S/c1-13-16-8-10-20-17(16)7-9-19(13)12-15(11-18)14-5-3-2-4-6-14/h2-6,8,10,13,15H,7,9,11-12,18H2,1H3. The molecule has 3 rings (SSSR count). The summed E-state index contributed by atoms with van der Waals surface area (Å²) < 4.78 is 0. The molecule has 1 aliphatic rings. The molecule has 1 aliphatic heterocycles. The first-order valence-electron chi connectivity index (χ1n) is 7.35. The van der Waals surface area contributed by atoms with Crippen molar-refractivity contribution in [2.75, 3.05) is 19.6 Å². The molecule has 0 saturated heterocycles. The summed E-state index contributed by atoms with van der Waals surface area (Å²) in [6.45, 7) is 5.24. The van der Waals surface area contributed by atoms with Crippen LogP contribution in [0.3, 0.4) is 0 Å². The minimum Gasteiger partial charge on any atom is -0.330 e. The van der Waals surface area contributed by atoms with Gasteiger partial charge in [-0.15, -0.1) is 11.3 Å². The molecule has 0 radical (unpaired) electrons. The van der Waals surface area contributed by atoms with Crippen LogP contribution >= 0.6 is 11.3 Å². The summed E-state index contributed by atoms with van der Waals surface area (Å²) in [5.41, 5.74) is 8.90. The molecule has 0 saturated carbocycles. The van der Waals surface area contributed by atoms with E-state index in [2.05, 4.69) is 53.6 Å². The van der Waals surface area contributed by atoms with Crippen LogP contribution in [0.25, 0.3) is 0 Å². The molecule has 0 spiro atoms. The molecule has 0 aliphatic carbocycles. The smallest absolute Gasteiger partial charge is 0.0331 e. The van der Waals surface area contributed by atoms with Gasteiger partial charge in [0, 0.05) is 36.5 Å². The van der Waals surface area contributed by atoms with Gasteiger partial charge >= 0.3 is 0 Å². The highest BCUT2D eigenvalue weighted by Gasteiger charge is 2.26. The zero-order chi connectivity index (χ0) is 13.9. The Labute approximate surface area is 125 Å². The Morgan fingerprint density at radius 3 is 2.85 bits per heavy atom. The normalized spacial score (nSPS) is 20.6. The molecular weight excluding hydrogens is 264 g/mol. The largest absolute Gasteiger partial charge is 0.330 e. The van der Waals surface area contributed by atoms with Crippen molar-refractivity contribution in [1.29, 1.82) is 0 Å². The van der Waals surface area contributed by atoms with Crippen molar-refractivity contribution in [2.45, 2.75) is 25.3 Å². The molecule has 2 atom stereocenters. The fourth-order valence-electron chi connectivity index (χ4n) is 3.14. The molecule has 20 heavy (non-hydrogen) atoms. The molecule has 106 valence electrons. The molecule has 2 unspecified atom stereocenters. The zero-order valence-corrected chi connectivity index (χ0v) is 12.8. The highest BCUT2D eigenvalue weighted by molar-refractivity contribution is 7.10. The molecule has 0 fully saturated rings. The first-order chi connectivity index (χ1) is 9.79. The van der Waals surface area contributed by atoms with Gasteiger partial charge in [0.15, 0.2) is 0 Å². The van der Waals surface area contributed by atoms with Crippen molar-refractivity contribution in [2.24, 2.45) is 5.73 Å². The van der Waals surface area contributed by atoms with E-state index < -0.39 is 0 Å². The summed E-state index contributed by atoms with van der Waals surface area (Å²) in [6.07, 6.45) is 1.18. The number of fused-ring (bicyclic) bond motifs is 1. The molecule has 3 heteroatoms. The Morgan fingerprint density at radius 1 is 1.30 bits per heavy atom. The first-order valence-corrected chi connectivity index (χ1v) is 8.23. The van der Waals surface area contributed by atoms with E-state index in [1.165, 1.54) is 17.5 Å². The number of thiophene rings is 1. The summed E-state index contributed by atoms with van der Waals surface area (Å²) in [7, 11) is 0. The van der Waals surface area contributed by atoms with Gasteiger partial charge in [-0.1, -0.05) is 30.3 Å². The minimum atomic E-state index is 0.429. The zero-order valence-electron chi connectivity index (χ0n) is 12.0. The van der Waals surface area contributed by atoms with Crippen LogP contribution in [-0.2, 0) is 6.42 Å². The van der Waals surface area contributed by atoms with E-state index in [9.17, 15) is 0 Å². The highest BCUT2D eigenvalue weighted by Crippen LogP contribution is 2.34. The molecule has 1 aromatic carbocycles. The van der Waals surface area contributed by atoms with Gasteiger partial charge in [-0.05, 0) is 35.9 Å². The third-order valence-corrected chi connectivity index (χ3v) is 5.41. The van der Waals surface area contributed by atoms with E-state index in [1.54, 1.807) is 4.88 Å². The summed E-state index contributed by atoms with van der Waals surface area (Å²) in [4.78, 5) is 4.15. The summed E-state index contributed by atoms with van der Waals surface area (Å²) in [5, 5.41) is 2.22. The lowest BCUT2D eigenvalue weighted by molar-refractivity contribution is 0.188. The van der Waals surface area contributed by atoms with Crippen molar-refractivity contribution < 1.29 is 0 Å². The first kappa shape index (κ1) is 13.8. The van der Waals surface area contributed by atoms with Crippen LogP contribution in [0.15, 0.2) is 41.8 Å². The quantitative estimate of drug-likeness (QED) is 0.933. The molecule has 1 aromatic heterocycles. The maximum atomic E-state index is 6.02. The predicted octanol–water partition coefficient (Wildman–Crippen LogP) is 3.41. The Bertz CT molecular complexity index is 549. The van der Waals surface area contributed by atoms with Crippen molar-refractivity contribution >= 4 is 11.3 Å². The van der Waals surface area contributed by atoms with E-state index >= 15 is 0 Å². The maximum absolute atomic E-state index is 6.02. The van der Waals surface area contributed by atoms with Crippen LogP contribution in [0.1, 0.15) is 34.9 Å². The lowest BCUT2D eigenvalue weighted by Crippen LogP contribution is -2.37. The molecule has 2 nitrogen and oxygen atoms in total. The third-order valence-electron chi connectivity index (χ3n) is 4.41. The van der Waals surface area contributed by atoms with E-state index in [0.717, 1.165) is 13.1 Å². The topological polar surface area (TPSA) is 29.3 Å². The van der Waals surface area contributed by atoms with Crippen molar-refractivity contribution in [3.8, 4) is 0 Å². The lowest BCUT2D eigenvalue weighted by atomic mass is 9.95. The second kappa shape index (κ2) is 6.08. The monoisotopic (exact) mass is 286 g/mol. The Kier molecular flexibility index (Phi) is 4.20. The number of nitrogens with two attached hydrogens (primary N) is 1. The van der Waals surface area contributed by atoms with E-state index in [0.29, 0.717) is 18.5 Å². The van der Waals surface area contributed by atoms with Crippen LogP contribution in [0.2, 0.25) is 0 Å². The Balaban J connectivity index is 1.74. The Morgan fingerprint density at radius 2 is 2.10 bits per heavy atom. The average Bonchev–Trinajstić information content (AvgIpc) is 2.97. The summed E-state index contributed by atoms with van der Waals surface area (Å²) in [6, 6.07) is 13.5. The van der Waals surface area contributed by atoms with Crippen LogP contribution < -0.4 is 5.73 Å². The van der Waals surface area contributed by atoms with Crippen molar-refractivity contribution in [3.63, 3.8) is 0 Å². The fourth-order valence-corrected chi connectivity index (χ4v) is 4.10. The van der Waals surface area contributed by atoms with Gasteiger partial charge in [0.2, 0.25) is 0 Å². The van der Waals surface area contributed by atoms with Gasteiger partial charge in [-0.3, -0.25) is 4.90 Å². The third kappa shape index (κ3) is 2.66. The maximum Gasteiger partial charge on any atom is 0.0331 e. The van der Waals surface area contributed by atoms with Crippen LogP contribution in [0.5, 0.6) is 0 Å². The molecule has 2 heterocycles. The number of nitrogens with zero attached hydrogens (tertiary/aromatic N) is 1. The Hall–Kier alpha value is -1.16. The summed E-state index contributed by atoms with van der Waals surface area (Å²) >= 11 is 1.90. The number of hydrogen-bond acceptors (Lipinski definition) is 3. The number of rotatable bonds is 4. The number of benzene rings is 1. The second-order valence-electron chi connectivity index (χ2n) is 5.56. The van der Waals surface area contributed by atoms with Crippen LogP contribution in [0, 0.1) is 0 Å². The highest BCUT2D eigenvalue weighted by atomic mass is 32.1. The molecule has 0 bridgehead atoms. The second-order valence-corrected chi connectivity index (χ2v) is 6.56. The SMILES string of the molecule is CC1c2ccsc2CCN1CC(CN)c1ccccc1. The minimum absolute atomic E-state index is 0.429. The van der Waals surface area contributed by atoms with Gasteiger partial charge in [0.1, 0.15) is 0 Å². The molecule has 2 N–H and O–H groups in total. The molecule has 2 aromatic rings. The van der Waals surface area contributed by atoms with E-state index in [-0.39, 0.29) is 0 Å². The number of hydrogen-bond donors (Lipinski definition) is 1. The van der Waals surface area contributed by atoms with E-state index in [4.69, 9.17) is 5.73 Å². The van der Waals surface area contributed by atoms with E-state index in [1.807, 2.05) is 11.3 Å². The lowest BCUT2D eigenvalue weighted by Gasteiger charge is -2.36. The van der Waals surface area contributed by atoms with Crippen molar-refractivity contribution in [3.05, 3.63) is 57.8 Å². The van der Waals surface area contributed by atoms with Crippen molar-refractivity contribution in [1.82, 2.24) is 4.90 Å².